The molecule has 4 fully saturated rings. The number of allylic oxidation sites excluding steroid dienone is 1. The summed E-state index contributed by atoms with van der Waals surface area (Å²) in [5.41, 5.74) is 2.12. The lowest BCUT2D eigenvalue weighted by Crippen LogP contribution is -2.52. The van der Waals surface area contributed by atoms with Crippen LogP contribution in [0.2, 0.25) is 0 Å². The van der Waals surface area contributed by atoms with Gasteiger partial charge in [-0.1, -0.05) is 25.5 Å². The van der Waals surface area contributed by atoms with Gasteiger partial charge >= 0.3 is 0 Å². The summed E-state index contributed by atoms with van der Waals surface area (Å²) in [6, 6.07) is 0. The van der Waals surface area contributed by atoms with Crippen molar-refractivity contribution < 1.29 is 14.6 Å². The smallest absolute Gasteiger partial charge is 0.172 e. The van der Waals surface area contributed by atoms with Crippen molar-refractivity contribution in [1.82, 2.24) is 0 Å². The van der Waals surface area contributed by atoms with E-state index in [-0.39, 0.29) is 17.3 Å². The van der Waals surface area contributed by atoms with Crippen molar-refractivity contribution in [1.29, 1.82) is 0 Å². The molecule has 5 rings (SSSR count). The molecule has 1 aliphatic heterocycles. The summed E-state index contributed by atoms with van der Waals surface area (Å²) in [6.45, 7) is 6.40. The molecular formula is C21H32O3. The first-order valence-corrected chi connectivity index (χ1v) is 10.1. The quantitative estimate of drug-likeness (QED) is 0.680. The molecule has 5 aliphatic rings. The number of aliphatic hydroxyl groups is 1. The Balaban J connectivity index is 1.46. The summed E-state index contributed by atoms with van der Waals surface area (Å²) >= 11 is 0. The normalized spacial score (nSPS) is 52.5. The molecule has 1 N–H and O–H groups in total. The second-order valence-electron chi connectivity index (χ2n) is 9.68. The van der Waals surface area contributed by atoms with E-state index in [1.807, 2.05) is 0 Å². The van der Waals surface area contributed by atoms with E-state index in [1.54, 1.807) is 5.57 Å². The standard InChI is InChI=1S/C21H32O3/c1-19-9-10-21(23-11-12-24-21)13-14(19)3-4-15-16-5-6-18(22)20(16,2)8-7-17(15)19/h3,15-18,22H,4-13H2,1-2H3/t15-,16-,17-,18+,19+,20-/m1/s1. The van der Waals surface area contributed by atoms with Gasteiger partial charge < -0.3 is 14.6 Å². The highest BCUT2D eigenvalue weighted by Gasteiger charge is 2.60. The zero-order chi connectivity index (χ0) is 16.6. The van der Waals surface area contributed by atoms with Crippen molar-refractivity contribution in [3.8, 4) is 0 Å². The van der Waals surface area contributed by atoms with E-state index in [4.69, 9.17) is 9.47 Å². The van der Waals surface area contributed by atoms with Gasteiger partial charge in [-0.2, -0.15) is 0 Å². The summed E-state index contributed by atoms with van der Waals surface area (Å²) < 4.78 is 12.0. The molecule has 0 aromatic rings. The maximum atomic E-state index is 10.6. The molecule has 3 saturated carbocycles. The van der Waals surface area contributed by atoms with Crippen LogP contribution in [0.5, 0.6) is 0 Å². The Morgan fingerprint density at radius 1 is 1.00 bits per heavy atom. The second-order valence-corrected chi connectivity index (χ2v) is 9.68. The molecule has 24 heavy (non-hydrogen) atoms. The lowest BCUT2D eigenvalue weighted by atomic mass is 9.47. The molecule has 0 aromatic carbocycles. The van der Waals surface area contributed by atoms with Crippen molar-refractivity contribution in [3.63, 3.8) is 0 Å². The number of ether oxygens (including phenoxy) is 2. The number of fused-ring (bicyclic) bond motifs is 5. The number of rotatable bonds is 0. The zero-order valence-electron chi connectivity index (χ0n) is 15.2. The molecule has 1 spiro atoms. The van der Waals surface area contributed by atoms with Crippen LogP contribution in [-0.2, 0) is 9.47 Å². The molecule has 6 atom stereocenters. The van der Waals surface area contributed by atoms with Crippen LogP contribution in [0.3, 0.4) is 0 Å². The van der Waals surface area contributed by atoms with Gasteiger partial charge in [0.05, 0.1) is 19.3 Å². The molecule has 1 saturated heterocycles. The van der Waals surface area contributed by atoms with E-state index >= 15 is 0 Å². The predicted octanol–water partition coefficient (Wildman–Crippen LogP) is 4.05. The maximum absolute atomic E-state index is 10.6. The van der Waals surface area contributed by atoms with Crippen LogP contribution >= 0.6 is 0 Å². The number of hydrogen-bond acceptors (Lipinski definition) is 3. The van der Waals surface area contributed by atoms with Crippen molar-refractivity contribution in [3.05, 3.63) is 11.6 Å². The van der Waals surface area contributed by atoms with Crippen molar-refractivity contribution >= 4 is 0 Å². The fraction of sp³-hybridized carbons (Fsp3) is 0.905. The van der Waals surface area contributed by atoms with Crippen molar-refractivity contribution in [2.24, 2.45) is 28.6 Å². The molecule has 0 aromatic heterocycles. The van der Waals surface area contributed by atoms with E-state index in [0.717, 1.165) is 50.2 Å². The van der Waals surface area contributed by atoms with Gasteiger partial charge in [0.15, 0.2) is 5.79 Å². The zero-order valence-corrected chi connectivity index (χ0v) is 15.2. The minimum absolute atomic E-state index is 0.0726. The van der Waals surface area contributed by atoms with Crippen LogP contribution in [0.4, 0.5) is 0 Å². The Hall–Kier alpha value is -0.380. The largest absolute Gasteiger partial charge is 0.393 e. The topological polar surface area (TPSA) is 38.7 Å². The van der Waals surface area contributed by atoms with Crippen LogP contribution in [0, 0.1) is 28.6 Å². The highest BCUT2D eigenvalue weighted by molar-refractivity contribution is 5.26. The van der Waals surface area contributed by atoms with Gasteiger partial charge in [0.2, 0.25) is 0 Å². The number of hydrogen-bond donors (Lipinski definition) is 1. The number of aliphatic hydroxyl groups excluding tert-OH is 1. The van der Waals surface area contributed by atoms with Gasteiger partial charge in [0, 0.05) is 12.8 Å². The Kier molecular flexibility index (Phi) is 3.35. The maximum Gasteiger partial charge on any atom is 0.172 e. The van der Waals surface area contributed by atoms with E-state index in [9.17, 15) is 5.11 Å². The minimum Gasteiger partial charge on any atom is -0.393 e. The first-order chi connectivity index (χ1) is 11.5. The van der Waals surface area contributed by atoms with Crippen LogP contribution in [0.25, 0.3) is 0 Å². The first-order valence-electron chi connectivity index (χ1n) is 10.1. The van der Waals surface area contributed by atoms with Gasteiger partial charge in [0.25, 0.3) is 0 Å². The van der Waals surface area contributed by atoms with Gasteiger partial charge in [0.1, 0.15) is 0 Å². The summed E-state index contributed by atoms with van der Waals surface area (Å²) in [4.78, 5) is 0. The molecule has 1 heterocycles. The lowest BCUT2D eigenvalue weighted by Gasteiger charge is -2.58. The summed E-state index contributed by atoms with van der Waals surface area (Å²) in [5, 5.41) is 10.6. The van der Waals surface area contributed by atoms with E-state index < -0.39 is 0 Å². The predicted molar refractivity (Wildman–Crippen MR) is 92.3 cm³/mol. The van der Waals surface area contributed by atoms with Crippen molar-refractivity contribution in [2.45, 2.75) is 77.1 Å². The van der Waals surface area contributed by atoms with Crippen LogP contribution in [0.1, 0.15) is 65.2 Å². The highest BCUT2D eigenvalue weighted by Crippen LogP contribution is 2.65. The Labute approximate surface area is 145 Å². The van der Waals surface area contributed by atoms with E-state index in [0.29, 0.717) is 5.41 Å². The van der Waals surface area contributed by atoms with Gasteiger partial charge in [-0.05, 0) is 67.1 Å². The van der Waals surface area contributed by atoms with Crippen molar-refractivity contribution in [2.75, 3.05) is 13.2 Å². The van der Waals surface area contributed by atoms with Gasteiger partial charge in [-0.3, -0.25) is 0 Å². The molecule has 134 valence electrons. The Morgan fingerprint density at radius 3 is 2.58 bits per heavy atom. The molecule has 0 unspecified atom stereocenters. The van der Waals surface area contributed by atoms with Gasteiger partial charge in [-0.15, -0.1) is 0 Å². The molecule has 3 heteroatoms. The molecule has 4 aliphatic carbocycles. The molecule has 0 bridgehead atoms. The van der Waals surface area contributed by atoms with Crippen LogP contribution in [0.15, 0.2) is 11.6 Å². The molecule has 0 amide bonds. The Morgan fingerprint density at radius 2 is 1.79 bits per heavy atom. The lowest BCUT2D eigenvalue weighted by molar-refractivity contribution is -0.185. The second kappa shape index (κ2) is 5.08. The average molecular weight is 332 g/mol. The van der Waals surface area contributed by atoms with Crippen LogP contribution < -0.4 is 0 Å². The fourth-order valence-electron chi connectivity index (χ4n) is 7.32. The molecule has 3 nitrogen and oxygen atoms in total. The van der Waals surface area contributed by atoms with E-state index in [2.05, 4.69) is 19.9 Å². The SMILES string of the molecule is C[C@@]12CC[C@@H]3[C@H](CC=C4CC5(CC[C@@]43C)OCCO5)[C@H]1CC[C@@H]2O. The van der Waals surface area contributed by atoms with E-state index in [1.165, 1.54) is 32.1 Å². The molecule has 0 radical (unpaired) electrons. The summed E-state index contributed by atoms with van der Waals surface area (Å²) in [6.07, 6.45) is 11.7. The highest BCUT2D eigenvalue weighted by atomic mass is 16.7. The first kappa shape index (κ1) is 15.8. The third kappa shape index (κ3) is 1.95. The van der Waals surface area contributed by atoms with Gasteiger partial charge in [-0.25, -0.2) is 0 Å². The third-order valence-electron chi connectivity index (χ3n) is 8.87. The summed E-state index contributed by atoms with van der Waals surface area (Å²) in [5.74, 6) is 1.98. The molecular weight excluding hydrogens is 300 g/mol. The van der Waals surface area contributed by atoms with Crippen LogP contribution in [-0.4, -0.2) is 30.2 Å². The average Bonchev–Trinajstić information content (AvgIpc) is 3.14. The fourth-order valence-corrected chi connectivity index (χ4v) is 7.32. The Bertz CT molecular complexity index is 563. The monoisotopic (exact) mass is 332 g/mol. The summed E-state index contributed by atoms with van der Waals surface area (Å²) in [7, 11) is 0. The minimum atomic E-state index is -0.301. The third-order valence-corrected chi connectivity index (χ3v) is 8.87.